The lowest BCUT2D eigenvalue weighted by Crippen LogP contribution is -2.34. The smallest absolute Gasteiger partial charge is 0.141 e. The van der Waals surface area contributed by atoms with E-state index in [0.717, 1.165) is 35.2 Å². The summed E-state index contributed by atoms with van der Waals surface area (Å²) >= 11 is 0. The van der Waals surface area contributed by atoms with Crippen molar-refractivity contribution in [1.29, 1.82) is 5.26 Å². The number of rotatable bonds is 3. The number of halogens is 1. The summed E-state index contributed by atoms with van der Waals surface area (Å²) in [4.78, 5) is 0. The van der Waals surface area contributed by atoms with Crippen LogP contribution in [-0.2, 0) is 0 Å². The van der Waals surface area contributed by atoms with Gasteiger partial charge in [-0.3, -0.25) is 0 Å². The SMILES string of the molecule is C/C=C/C1CCC2CC(C3CCC(c4ccc(C#N)c(F)c4)CC3)CCC2C1. The Bertz CT molecular complexity index is 737. The van der Waals surface area contributed by atoms with Gasteiger partial charge in [-0.25, -0.2) is 4.39 Å². The first-order valence-electron chi connectivity index (χ1n) is 11.5. The summed E-state index contributed by atoms with van der Waals surface area (Å²) in [5, 5.41) is 8.93. The Kier molecular flexibility index (Phi) is 6.19. The Hall–Kier alpha value is -1.62. The lowest BCUT2D eigenvalue weighted by Gasteiger charge is -2.45. The van der Waals surface area contributed by atoms with Gasteiger partial charge >= 0.3 is 0 Å². The van der Waals surface area contributed by atoms with Gasteiger partial charge in [-0.2, -0.15) is 5.26 Å². The molecule has 4 atom stereocenters. The van der Waals surface area contributed by atoms with Gasteiger partial charge in [0.25, 0.3) is 0 Å². The van der Waals surface area contributed by atoms with Gasteiger partial charge in [0, 0.05) is 0 Å². The van der Waals surface area contributed by atoms with E-state index in [9.17, 15) is 4.39 Å². The molecule has 0 bridgehead atoms. The summed E-state index contributed by atoms with van der Waals surface area (Å²) in [6, 6.07) is 7.17. The van der Waals surface area contributed by atoms with E-state index in [2.05, 4.69) is 19.1 Å². The molecule has 0 aromatic heterocycles. The standard InChI is InChI=1S/C26H34FN/c1-2-3-18-4-5-23-15-22(11-10-21(23)14-18)19-6-8-20(9-7-19)24-12-13-25(17-28)26(27)16-24/h2-3,12-13,16,18-23H,4-11,14-15H2,1H3/b3-2+. The first kappa shape index (κ1) is 19.7. The molecule has 3 saturated carbocycles. The van der Waals surface area contributed by atoms with E-state index in [1.807, 2.05) is 12.1 Å². The van der Waals surface area contributed by atoms with Gasteiger partial charge in [-0.1, -0.05) is 18.2 Å². The van der Waals surface area contributed by atoms with E-state index in [1.54, 1.807) is 12.1 Å². The molecule has 1 aromatic rings. The molecule has 0 N–H and O–H groups in total. The van der Waals surface area contributed by atoms with Crippen LogP contribution in [0.3, 0.4) is 0 Å². The van der Waals surface area contributed by atoms with Crippen LogP contribution in [0.2, 0.25) is 0 Å². The lowest BCUT2D eigenvalue weighted by molar-refractivity contribution is 0.0718. The highest BCUT2D eigenvalue weighted by Crippen LogP contribution is 2.50. The van der Waals surface area contributed by atoms with Crippen molar-refractivity contribution in [3.8, 4) is 6.07 Å². The summed E-state index contributed by atoms with van der Waals surface area (Å²) in [7, 11) is 0. The van der Waals surface area contributed by atoms with Crippen molar-refractivity contribution >= 4 is 0 Å². The van der Waals surface area contributed by atoms with Crippen molar-refractivity contribution in [2.75, 3.05) is 0 Å². The molecule has 0 aliphatic heterocycles. The molecule has 0 saturated heterocycles. The third-order valence-electron chi connectivity index (χ3n) is 8.18. The summed E-state index contributed by atoms with van der Waals surface area (Å²) in [5.74, 6) is 4.73. The molecule has 3 aliphatic carbocycles. The topological polar surface area (TPSA) is 23.8 Å². The van der Waals surface area contributed by atoms with Gasteiger partial charge in [0.1, 0.15) is 11.9 Å². The van der Waals surface area contributed by atoms with Crippen LogP contribution < -0.4 is 0 Å². The van der Waals surface area contributed by atoms with Gasteiger partial charge in [0.2, 0.25) is 0 Å². The van der Waals surface area contributed by atoms with E-state index in [1.165, 1.54) is 64.2 Å². The second-order valence-corrected chi connectivity index (χ2v) is 9.65. The second kappa shape index (κ2) is 8.81. The van der Waals surface area contributed by atoms with Gasteiger partial charge in [-0.15, -0.1) is 0 Å². The molecule has 0 amide bonds. The molecule has 1 aromatic carbocycles. The zero-order valence-electron chi connectivity index (χ0n) is 17.2. The number of hydrogen-bond acceptors (Lipinski definition) is 1. The van der Waals surface area contributed by atoms with E-state index in [4.69, 9.17) is 5.26 Å². The molecule has 0 radical (unpaired) electrons. The molecule has 28 heavy (non-hydrogen) atoms. The molecule has 0 spiro atoms. The Morgan fingerprint density at radius 3 is 2.21 bits per heavy atom. The van der Waals surface area contributed by atoms with E-state index in [-0.39, 0.29) is 11.4 Å². The van der Waals surface area contributed by atoms with E-state index in [0.29, 0.717) is 5.92 Å². The second-order valence-electron chi connectivity index (χ2n) is 9.65. The fourth-order valence-electron chi connectivity index (χ4n) is 6.64. The number of benzene rings is 1. The van der Waals surface area contributed by atoms with Crippen LogP contribution >= 0.6 is 0 Å². The predicted octanol–water partition coefficient (Wildman–Crippen LogP) is 7.38. The molecule has 2 heteroatoms. The Labute approximate surface area is 170 Å². The number of nitrogens with zero attached hydrogens (tertiary/aromatic N) is 1. The van der Waals surface area contributed by atoms with Crippen LogP contribution in [0.4, 0.5) is 4.39 Å². The average Bonchev–Trinajstić information content (AvgIpc) is 2.73. The molecule has 150 valence electrons. The highest BCUT2D eigenvalue weighted by atomic mass is 19.1. The van der Waals surface area contributed by atoms with Crippen LogP contribution in [0.1, 0.15) is 88.2 Å². The number of nitriles is 1. The quantitative estimate of drug-likeness (QED) is 0.503. The van der Waals surface area contributed by atoms with Crippen molar-refractivity contribution in [2.24, 2.45) is 29.6 Å². The molecule has 3 fully saturated rings. The highest BCUT2D eigenvalue weighted by Gasteiger charge is 2.38. The minimum Gasteiger partial charge on any atom is -0.206 e. The zero-order valence-corrected chi connectivity index (χ0v) is 17.2. The molecule has 4 unspecified atom stereocenters. The van der Waals surface area contributed by atoms with E-state index < -0.39 is 0 Å². The maximum atomic E-state index is 14.0. The van der Waals surface area contributed by atoms with Crippen LogP contribution in [0.25, 0.3) is 0 Å². The first-order valence-corrected chi connectivity index (χ1v) is 11.5. The fourth-order valence-corrected chi connectivity index (χ4v) is 6.64. The maximum Gasteiger partial charge on any atom is 0.141 e. The van der Waals surface area contributed by atoms with Crippen LogP contribution in [0, 0.1) is 46.7 Å². The minimum atomic E-state index is -0.353. The lowest BCUT2D eigenvalue weighted by atomic mass is 9.61. The third kappa shape index (κ3) is 4.19. The molecule has 0 heterocycles. The minimum absolute atomic E-state index is 0.165. The Morgan fingerprint density at radius 2 is 1.54 bits per heavy atom. The normalized spacial score (nSPS) is 36.0. The number of allylic oxidation sites excluding steroid dienone is 2. The van der Waals surface area contributed by atoms with Crippen LogP contribution in [-0.4, -0.2) is 0 Å². The summed E-state index contributed by atoms with van der Waals surface area (Å²) in [5.41, 5.74) is 1.26. The molecule has 4 rings (SSSR count). The predicted molar refractivity (Wildman–Crippen MR) is 112 cm³/mol. The van der Waals surface area contributed by atoms with Gasteiger partial charge < -0.3 is 0 Å². The van der Waals surface area contributed by atoms with Crippen molar-refractivity contribution in [1.82, 2.24) is 0 Å². The van der Waals surface area contributed by atoms with Crippen LogP contribution in [0.15, 0.2) is 30.4 Å². The van der Waals surface area contributed by atoms with Gasteiger partial charge in [0.05, 0.1) is 5.56 Å². The summed E-state index contributed by atoms with van der Waals surface area (Å²) in [6.07, 6.45) is 18.3. The average molecular weight is 380 g/mol. The largest absolute Gasteiger partial charge is 0.206 e. The number of hydrogen-bond donors (Lipinski definition) is 0. The summed E-state index contributed by atoms with van der Waals surface area (Å²) < 4.78 is 14.0. The number of fused-ring (bicyclic) bond motifs is 1. The Morgan fingerprint density at radius 1 is 0.893 bits per heavy atom. The molecular weight excluding hydrogens is 345 g/mol. The monoisotopic (exact) mass is 379 g/mol. The third-order valence-corrected chi connectivity index (χ3v) is 8.18. The Balaban J connectivity index is 1.30. The van der Waals surface area contributed by atoms with Crippen molar-refractivity contribution in [2.45, 2.75) is 77.0 Å². The fraction of sp³-hybridized carbons (Fsp3) is 0.654. The van der Waals surface area contributed by atoms with Crippen molar-refractivity contribution in [3.05, 3.63) is 47.3 Å². The van der Waals surface area contributed by atoms with Gasteiger partial charge in [0.15, 0.2) is 0 Å². The van der Waals surface area contributed by atoms with Gasteiger partial charge in [-0.05, 0) is 124 Å². The van der Waals surface area contributed by atoms with Crippen molar-refractivity contribution < 1.29 is 4.39 Å². The highest BCUT2D eigenvalue weighted by molar-refractivity contribution is 5.34. The van der Waals surface area contributed by atoms with Crippen LogP contribution in [0.5, 0.6) is 0 Å². The zero-order chi connectivity index (χ0) is 19.5. The molecule has 1 nitrogen and oxygen atoms in total. The summed E-state index contributed by atoms with van der Waals surface area (Å²) in [6.45, 7) is 2.16. The van der Waals surface area contributed by atoms with Crippen molar-refractivity contribution in [3.63, 3.8) is 0 Å². The van der Waals surface area contributed by atoms with E-state index >= 15 is 0 Å². The molecular formula is C26H34FN. The first-order chi connectivity index (χ1) is 13.7. The molecule has 3 aliphatic rings. The maximum absolute atomic E-state index is 14.0.